The van der Waals surface area contributed by atoms with E-state index in [0.29, 0.717) is 6.54 Å². The van der Waals surface area contributed by atoms with E-state index >= 15 is 0 Å². The first-order valence-electron chi connectivity index (χ1n) is 7.72. The molecule has 2 aromatic rings. The summed E-state index contributed by atoms with van der Waals surface area (Å²) in [6.07, 6.45) is 1.42. The number of hydrogen-bond acceptors (Lipinski definition) is 3. The van der Waals surface area contributed by atoms with E-state index in [0.717, 1.165) is 20.2 Å². The fraction of sp³-hybridized carbons (Fsp3) is 0.412. The first-order chi connectivity index (χ1) is 11.2. The molecule has 1 atom stereocenters. The minimum Gasteiger partial charge on any atom is -0.444 e. The Morgan fingerprint density at radius 1 is 1.38 bits per heavy atom. The van der Waals surface area contributed by atoms with Crippen LogP contribution in [0.15, 0.2) is 24.4 Å². The summed E-state index contributed by atoms with van der Waals surface area (Å²) < 4.78 is 8.43. The van der Waals surface area contributed by atoms with Gasteiger partial charge in [0.2, 0.25) is 0 Å². The maximum Gasteiger partial charge on any atom is 0.408 e. The number of amides is 2. The molecule has 2 heterocycles. The third-order valence-electron chi connectivity index (χ3n) is 3.89. The second-order valence-corrected chi connectivity index (χ2v) is 8.06. The van der Waals surface area contributed by atoms with Gasteiger partial charge in [-0.15, -0.1) is 0 Å². The number of anilines is 1. The average molecular weight is 441 g/mol. The molecular formula is C17H20IN3O3. The molecule has 1 aromatic heterocycles. The number of hydrogen-bond donors (Lipinski definition) is 1. The van der Waals surface area contributed by atoms with Crippen LogP contribution in [-0.2, 0) is 16.1 Å². The van der Waals surface area contributed by atoms with E-state index in [2.05, 4.69) is 27.9 Å². The molecule has 0 saturated heterocycles. The van der Waals surface area contributed by atoms with Crippen molar-refractivity contribution in [3.05, 3.63) is 28.0 Å². The molecule has 0 saturated carbocycles. The number of halogens is 1. The van der Waals surface area contributed by atoms with Gasteiger partial charge >= 0.3 is 6.09 Å². The highest BCUT2D eigenvalue weighted by atomic mass is 127. The van der Waals surface area contributed by atoms with Gasteiger partial charge in [0.1, 0.15) is 11.6 Å². The monoisotopic (exact) mass is 441 g/mol. The Bertz CT molecular complexity index is 822. The van der Waals surface area contributed by atoms with Crippen molar-refractivity contribution in [1.82, 2.24) is 9.88 Å². The zero-order valence-corrected chi connectivity index (χ0v) is 16.2. The molecule has 1 N–H and O–H groups in total. The molecule has 24 heavy (non-hydrogen) atoms. The molecule has 7 heteroatoms. The Morgan fingerprint density at radius 3 is 2.75 bits per heavy atom. The van der Waals surface area contributed by atoms with Crippen molar-refractivity contribution in [3.8, 4) is 0 Å². The van der Waals surface area contributed by atoms with Crippen LogP contribution in [0.1, 0.15) is 20.8 Å². The van der Waals surface area contributed by atoms with Crippen LogP contribution in [0.4, 0.5) is 10.5 Å². The number of para-hydroxylation sites is 1. The molecule has 3 rings (SSSR count). The Balaban J connectivity index is 1.96. The normalized spacial score (nSPS) is 17.8. The van der Waals surface area contributed by atoms with E-state index in [4.69, 9.17) is 4.74 Å². The molecule has 1 aliphatic rings. The first-order valence-corrected chi connectivity index (χ1v) is 8.79. The minimum absolute atomic E-state index is 0.160. The fourth-order valence-corrected chi connectivity index (χ4v) is 3.67. The summed E-state index contributed by atoms with van der Waals surface area (Å²) in [4.78, 5) is 26.5. The number of ether oxygens (including phenoxy) is 1. The molecule has 6 nitrogen and oxygen atoms in total. The maximum atomic E-state index is 12.8. The summed E-state index contributed by atoms with van der Waals surface area (Å²) in [5.74, 6) is -0.160. The van der Waals surface area contributed by atoms with E-state index in [-0.39, 0.29) is 5.91 Å². The zero-order valence-electron chi connectivity index (χ0n) is 14.1. The SMILES string of the molecule is CN1C(=O)[C@@H](NC(=O)OC(C)(C)C)Cn2cc(I)c3cccc1c32. The van der Waals surface area contributed by atoms with Gasteiger partial charge in [0, 0.05) is 22.2 Å². The second kappa shape index (κ2) is 5.94. The summed E-state index contributed by atoms with van der Waals surface area (Å²) >= 11 is 2.29. The Labute approximate surface area is 154 Å². The fourth-order valence-electron chi connectivity index (χ4n) is 2.90. The van der Waals surface area contributed by atoms with Crippen molar-refractivity contribution in [3.63, 3.8) is 0 Å². The smallest absolute Gasteiger partial charge is 0.408 e. The highest BCUT2D eigenvalue weighted by Crippen LogP contribution is 2.33. The van der Waals surface area contributed by atoms with Gasteiger partial charge in [-0.3, -0.25) is 4.79 Å². The maximum absolute atomic E-state index is 12.8. The van der Waals surface area contributed by atoms with E-state index < -0.39 is 17.7 Å². The minimum atomic E-state index is -0.677. The largest absolute Gasteiger partial charge is 0.444 e. The molecule has 1 aromatic carbocycles. The van der Waals surface area contributed by atoms with E-state index in [1.807, 2.05) is 29.0 Å². The number of nitrogens with zero attached hydrogens (tertiary/aromatic N) is 2. The van der Waals surface area contributed by atoms with Crippen LogP contribution in [-0.4, -0.2) is 35.3 Å². The number of carbonyl (C=O) groups is 2. The van der Waals surface area contributed by atoms with Gasteiger partial charge in [-0.25, -0.2) is 4.79 Å². The number of alkyl carbamates (subject to hydrolysis) is 1. The third kappa shape index (κ3) is 3.09. The van der Waals surface area contributed by atoms with Crippen molar-refractivity contribution in [2.45, 2.75) is 39.0 Å². The molecule has 0 radical (unpaired) electrons. The summed E-state index contributed by atoms with van der Waals surface area (Å²) in [6, 6.07) is 5.22. The van der Waals surface area contributed by atoms with Crippen molar-refractivity contribution in [1.29, 1.82) is 0 Å². The lowest BCUT2D eigenvalue weighted by molar-refractivity contribution is -0.120. The van der Waals surface area contributed by atoms with Crippen LogP contribution in [0.2, 0.25) is 0 Å². The summed E-state index contributed by atoms with van der Waals surface area (Å²) in [5, 5.41) is 3.81. The van der Waals surface area contributed by atoms with Gasteiger partial charge in [0.15, 0.2) is 0 Å². The van der Waals surface area contributed by atoms with E-state index in [9.17, 15) is 9.59 Å². The quantitative estimate of drug-likeness (QED) is 0.692. The first kappa shape index (κ1) is 17.1. The van der Waals surface area contributed by atoms with Gasteiger partial charge in [-0.1, -0.05) is 12.1 Å². The van der Waals surface area contributed by atoms with Crippen molar-refractivity contribution < 1.29 is 14.3 Å². The Hall–Kier alpha value is -1.77. The number of nitrogens with one attached hydrogen (secondary N) is 1. The third-order valence-corrected chi connectivity index (χ3v) is 4.75. The predicted octanol–water partition coefficient (Wildman–Crippen LogP) is 3.12. The molecule has 0 spiro atoms. The number of carbonyl (C=O) groups excluding carboxylic acids is 2. The lowest BCUT2D eigenvalue weighted by Crippen LogP contribution is -2.49. The molecule has 0 fully saturated rings. The van der Waals surface area contributed by atoms with Crippen LogP contribution in [0, 0.1) is 3.57 Å². The molecule has 1 aliphatic heterocycles. The topological polar surface area (TPSA) is 63.6 Å². The van der Waals surface area contributed by atoms with Gasteiger partial charge in [0.25, 0.3) is 5.91 Å². The van der Waals surface area contributed by atoms with Crippen LogP contribution in [0.5, 0.6) is 0 Å². The van der Waals surface area contributed by atoms with Crippen LogP contribution in [0.25, 0.3) is 10.9 Å². The molecule has 0 unspecified atom stereocenters. The lowest BCUT2D eigenvalue weighted by atomic mass is 10.2. The Kier molecular flexibility index (Phi) is 4.23. The van der Waals surface area contributed by atoms with Gasteiger partial charge in [-0.05, 0) is 49.4 Å². The van der Waals surface area contributed by atoms with E-state index in [1.54, 1.807) is 32.7 Å². The number of benzene rings is 1. The standard InChI is InChI=1S/C17H20IN3O3/c1-17(2,3)24-16(23)19-12-9-21-8-11(18)10-6-5-7-13(14(10)21)20(4)15(12)22/h5-8,12H,9H2,1-4H3,(H,19,23)/t12-/m0/s1. The molecular weight excluding hydrogens is 421 g/mol. The van der Waals surface area contributed by atoms with E-state index in [1.165, 1.54) is 0 Å². The molecule has 0 aliphatic carbocycles. The number of likely N-dealkylation sites (N-methyl/N-ethyl adjacent to an activating group) is 1. The lowest BCUT2D eigenvalue weighted by Gasteiger charge is -2.24. The van der Waals surface area contributed by atoms with Gasteiger partial charge in [-0.2, -0.15) is 0 Å². The molecule has 2 amide bonds. The van der Waals surface area contributed by atoms with Crippen molar-refractivity contribution in [2.24, 2.45) is 0 Å². The van der Waals surface area contributed by atoms with Crippen LogP contribution >= 0.6 is 22.6 Å². The highest BCUT2D eigenvalue weighted by molar-refractivity contribution is 14.1. The number of aromatic nitrogens is 1. The zero-order chi connectivity index (χ0) is 17.6. The van der Waals surface area contributed by atoms with Crippen molar-refractivity contribution >= 4 is 51.2 Å². The Morgan fingerprint density at radius 2 is 2.08 bits per heavy atom. The molecule has 128 valence electrons. The van der Waals surface area contributed by atoms with Crippen LogP contribution < -0.4 is 10.2 Å². The summed E-state index contributed by atoms with van der Waals surface area (Å²) in [5.41, 5.74) is 1.24. The predicted molar refractivity (Wildman–Crippen MR) is 101 cm³/mol. The number of rotatable bonds is 1. The van der Waals surface area contributed by atoms with Gasteiger partial charge < -0.3 is 19.5 Å². The molecule has 0 bridgehead atoms. The summed E-state index contributed by atoms with van der Waals surface area (Å²) in [7, 11) is 1.73. The van der Waals surface area contributed by atoms with Crippen molar-refractivity contribution in [2.75, 3.05) is 11.9 Å². The summed E-state index contributed by atoms with van der Waals surface area (Å²) in [6.45, 7) is 5.75. The van der Waals surface area contributed by atoms with Crippen LogP contribution in [0.3, 0.4) is 0 Å². The second-order valence-electron chi connectivity index (χ2n) is 6.90. The average Bonchev–Trinajstić information content (AvgIpc) is 2.75. The van der Waals surface area contributed by atoms with Gasteiger partial charge in [0.05, 0.1) is 17.7 Å². The highest BCUT2D eigenvalue weighted by Gasteiger charge is 2.32.